The van der Waals surface area contributed by atoms with E-state index in [0.29, 0.717) is 12.0 Å². The van der Waals surface area contributed by atoms with E-state index in [1.807, 2.05) is 0 Å². The maximum atomic E-state index is 12.4. The van der Waals surface area contributed by atoms with Crippen LogP contribution in [0.3, 0.4) is 0 Å². The van der Waals surface area contributed by atoms with E-state index in [-0.39, 0.29) is 11.3 Å². The fourth-order valence-electron chi connectivity index (χ4n) is 2.76. The van der Waals surface area contributed by atoms with Crippen LogP contribution in [0.2, 0.25) is 0 Å². The highest BCUT2D eigenvalue weighted by Gasteiger charge is 2.39. The second-order valence-corrected chi connectivity index (χ2v) is 6.36. The van der Waals surface area contributed by atoms with Gasteiger partial charge in [-0.2, -0.15) is 0 Å². The van der Waals surface area contributed by atoms with Gasteiger partial charge in [-0.15, -0.1) is 0 Å². The highest BCUT2D eigenvalue weighted by atomic mass is 16.2. The number of amides is 1. The maximum Gasteiger partial charge on any atom is 0.226 e. The van der Waals surface area contributed by atoms with Crippen LogP contribution < -0.4 is 10.6 Å². The minimum Gasteiger partial charge on any atom is -0.353 e. The molecule has 2 aliphatic rings. The Morgan fingerprint density at radius 3 is 2.59 bits per heavy atom. The molecule has 1 aliphatic heterocycles. The average Bonchev–Trinajstić information content (AvgIpc) is 3.13. The van der Waals surface area contributed by atoms with Gasteiger partial charge in [-0.1, -0.05) is 13.8 Å². The maximum absolute atomic E-state index is 12.4. The molecule has 2 atom stereocenters. The molecule has 0 spiro atoms. The highest BCUT2D eigenvalue weighted by Crippen LogP contribution is 2.35. The molecule has 3 nitrogen and oxygen atoms in total. The number of rotatable bonds is 4. The normalized spacial score (nSPS) is 27.6. The monoisotopic (exact) mass is 238 g/mol. The molecule has 1 aliphatic carbocycles. The summed E-state index contributed by atoms with van der Waals surface area (Å²) in [7, 11) is 0. The van der Waals surface area contributed by atoms with Crippen LogP contribution in [-0.2, 0) is 4.79 Å². The van der Waals surface area contributed by atoms with E-state index in [4.69, 9.17) is 0 Å². The predicted molar refractivity (Wildman–Crippen MR) is 69.7 cm³/mol. The van der Waals surface area contributed by atoms with Crippen LogP contribution in [0.4, 0.5) is 0 Å². The third-order valence-electron chi connectivity index (χ3n) is 4.59. The molecule has 17 heavy (non-hydrogen) atoms. The lowest BCUT2D eigenvalue weighted by Crippen LogP contribution is -2.49. The quantitative estimate of drug-likeness (QED) is 0.786. The second kappa shape index (κ2) is 4.97. The third kappa shape index (κ3) is 3.01. The van der Waals surface area contributed by atoms with Crippen molar-refractivity contribution < 1.29 is 4.79 Å². The molecule has 0 bridgehead atoms. The smallest absolute Gasteiger partial charge is 0.226 e. The number of hydrogen-bond donors (Lipinski definition) is 2. The predicted octanol–water partition coefficient (Wildman–Crippen LogP) is 1.93. The van der Waals surface area contributed by atoms with Gasteiger partial charge in [-0.25, -0.2) is 0 Å². The number of carbonyl (C=O) groups excluding carboxylic acids is 1. The van der Waals surface area contributed by atoms with Crippen molar-refractivity contribution in [1.82, 2.24) is 10.6 Å². The van der Waals surface area contributed by atoms with Crippen molar-refractivity contribution in [3.63, 3.8) is 0 Å². The lowest BCUT2D eigenvalue weighted by Gasteiger charge is -2.36. The van der Waals surface area contributed by atoms with Gasteiger partial charge >= 0.3 is 0 Å². The molecule has 1 saturated carbocycles. The zero-order chi connectivity index (χ0) is 12.5. The van der Waals surface area contributed by atoms with E-state index in [2.05, 4.69) is 31.4 Å². The standard InChI is InChI=1S/C14H26N2O/c1-10(11-6-7-11)16-13(17)14(2,3)12-5-4-8-15-9-12/h10-12,15H,4-9H2,1-3H3,(H,16,17). The Morgan fingerprint density at radius 2 is 2.06 bits per heavy atom. The van der Waals surface area contributed by atoms with Crippen LogP contribution in [0.15, 0.2) is 0 Å². The molecule has 0 aromatic carbocycles. The van der Waals surface area contributed by atoms with Crippen LogP contribution in [0, 0.1) is 17.3 Å². The van der Waals surface area contributed by atoms with E-state index in [1.54, 1.807) is 0 Å². The summed E-state index contributed by atoms with van der Waals surface area (Å²) in [5.74, 6) is 1.45. The molecule has 1 saturated heterocycles. The van der Waals surface area contributed by atoms with Crippen LogP contribution in [0.5, 0.6) is 0 Å². The van der Waals surface area contributed by atoms with Gasteiger partial charge in [0.15, 0.2) is 0 Å². The summed E-state index contributed by atoms with van der Waals surface area (Å²) in [5.41, 5.74) is -0.240. The van der Waals surface area contributed by atoms with Crippen molar-refractivity contribution in [3.05, 3.63) is 0 Å². The first-order valence-electron chi connectivity index (χ1n) is 7.03. The molecule has 0 radical (unpaired) electrons. The Balaban J connectivity index is 1.90. The summed E-state index contributed by atoms with van der Waals surface area (Å²) in [6, 6.07) is 0.360. The van der Waals surface area contributed by atoms with Crippen LogP contribution in [0.1, 0.15) is 46.5 Å². The van der Waals surface area contributed by atoms with Gasteiger partial charge in [0.2, 0.25) is 5.91 Å². The summed E-state index contributed by atoms with van der Waals surface area (Å²) in [4.78, 5) is 12.4. The van der Waals surface area contributed by atoms with E-state index < -0.39 is 0 Å². The fourth-order valence-corrected chi connectivity index (χ4v) is 2.76. The average molecular weight is 238 g/mol. The van der Waals surface area contributed by atoms with E-state index in [9.17, 15) is 4.79 Å². The molecule has 2 unspecified atom stereocenters. The molecule has 1 amide bonds. The van der Waals surface area contributed by atoms with Crippen molar-refractivity contribution in [1.29, 1.82) is 0 Å². The minimum absolute atomic E-state index is 0.240. The molecular weight excluding hydrogens is 212 g/mol. The molecule has 2 fully saturated rings. The summed E-state index contributed by atoms with van der Waals surface area (Å²) in [5, 5.41) is 6.62. The lowest BCUT2D eigenvalue weighted by molar-refractivity contribution is -0.133. The van der Waals surface area contributed by atoms with Gasteiger partial charge in [0.1, 0.15) is 0 Å². The van der Waals surface area contributed by atoms with Crippen LogP contribution in [0.25, 0.3) is 0 Å². The molecule has 2 rings (SSSR count). The molecule has 2 N–H and O–H groups in total. The lowest BCUT2D eigenvalue weighted by atomic mass is 9.74. The van der Waals surface area contributed by atoms with Gasteiger partial charge in [0, 0.05) is 11.5 Å². The molecule has 3 heteroatoms. The summed E-state index contributed by atoms with van der Waals surface area (Å²) in [6.07, 6.45) is 4.94. The number of piperidine rings is 1. The number of hydrogen-bond acceptors (Lipinski definition) is 2. The van der Waals surface area contributed by atoms with Gasteiger partial charge in [0.05, 0.1) is 0 Å². The molecule has 0 aromatic rings. The van der Waals surface area contributed by atoms with E-state index in [1.165, 1.54) is 25.7 Å². The molecule has 98 valence electrons. The Labute approximate surface area is 105 Å². The van der Waals surface area contributed by atoms with Crippen molar-refractivity contribution in [3.8, 4) is 0 Å². The van der Waals surface area contributed by atoms with Gasteiger partial charge in [0.25, 0.3) is 0 Å². The first-order chi connectivity index (χ1) is 8.01. The molecular formula is C14H26N2O. The first kappa shape index (κ1) is 12.9. The van der Waals surface area contributed by atoms with Gasteiger partial charge in [-0.3, -0.25) is 4.79 Å². The zero-order valence-electron chi connectivity index (χ0n) is 11.4. The summed E-state index contributed by atoms with van der Waals surface area (Å²) < 4.78 is 0. The second-order valence-electron chi connectivity index (χ2n) is 6.36. The SMILES string of the molecule is CC(NC(=O)C(C)(C)C1CCCNC1)C1CC1. The fraction of sp³-hybridized carbons (Fsp3) is 0.929. The highest BCUT2D eigenvalue weighted by molar-refractivity contribution is 5.82. The van der Waals surface area contributed by atoms with Crippen molar-refractivity contribution >= 4 is 5.91 Å². The Bertz CT molecular complexity index is 278. The largest absolute Gasteiger partial charge is 0.353 e. The Hall–Kier alpha value is -0.570. The van der Waals surface area contributed by atoms with Crippen LogP contribution in [-0.4, -0.2) is 25.0 Å². The Kier molecular flexibility index (Phi) is 3.76. The summed E-state index contributed by atoms with van der Waals surface area (Å²) >= 11 is 0. The zero-order valence-corrected chi connectivity index (χ0v) is 11.4. The molecule has 0 aromatic heterocycles. The van der Waals surface area contributed by atoms with Gasteiger partial charge < -0.3 is 10.6 Å². The first-order valence-corrected chi connectivity index (χ1v) is 7.03. The van der Waals surface area contributed by atoms with Gasteiger partial charge in [-0.05, 0) is 57.5 Å². The number of nitrogens with one attached hydrogen (secondary N) is 2. The third-order valence-corrected chi connectivity index (χ3v) is 4.59. The van der Waals surface area contributed by atoms with Crippen molar-refractivity contribution in [2.24, 2.45) is 17.3 Å². The van der Waals surface area contributed by atoms with Crippen molar-refractivity contribution in [2.45, 2.75) is 52.5 Å². The Morgan fingerprint density at radius 1 is 1.35 bits per heavy atom. The van der Waals surface area contributed by atoms with E-state index in [0.717, 1.165) is 19.0 Å². The van der Waals surface area contributed by atoms with Crippen molar-refractivity contribution in [2.75, 3.05) is 13.1 Å². The van der Waals surface area contributed by atoms with Crippen LogP contribution >= 0.6 is 0 Å². The van der Waals surface area contributed by atoms with E-state index >= 15 is 0 Å². The number of carbonyl (C=O) groups is 1. The minimum atomic E-state index is -0.240. The topological polar surface area (TPSA) is 41.1 Å². The molecule has 1 heterocycles. The summed E-state index contributed by atoms with van der Waals surface area (Å²) in [6.45, 7) is 8.43.